The van der Waals surface area contributed by atoms with Crippen LogP contribution in [0.15, 0.2) is 10.2 Å². The minimum absolute atomic E-state index is 0.0909. The molecule has 200 valence electrons. The first kappa shape index (κ1) is 29.5. The van der Waals surface area contributed by atoms with E-state index in [1.54, 1.807) is 13.8 Å². The zero-order chi connectivity index (χ0) is 27.0. The van der Waals surface area contributed by atoms with Gasteiger partial charge in [-0.1, -0.05) is 42.8 Å². The fourth-order valence-electron chi connectivity index (χ4n) is 4.34. The third-order valence-corrected chi connectivity index (χ3v) is 7.57. The van der Waals surface area contributed by atoms with Gasteiger partial charge in [0.05, 0.1) is 24.3 Å². The Morgan fingerprint density at radius 2 is 1.36 bits per heavy atom. The number of thioether (sulfide) groups is 1. The second kappa shape index (κ2) is 13.6. The van der Waals surface area contributed by atoms with Crippen LogP contribution in [0.25, 0.3) is 20.9 Å². The number of hydrogen-bond acceptors (Lipinski definition) is 11. The predicted octanol–water partition coefficient (Wildman–Crippen LogP) is 3.64. The van der Waals surface area contributed by atoms with E-state index >= 15 is 0 Å². The Labute approximate surface area is 212 Å². The number of hydrogen-bond donors (Lipinski definition) is 0. The SMILES string of the molecule is CCC1O[C@H](S[C@@H]2OC(COC(C)=O)[C@H](C)[C@H](N=[N+]=[N-])C2OC(C)=O)[C@H](C)C(N=[N+]=[N-])[C@@H]1OC(C)=O. The Hall–Kier alpha value is -2.70. The summed E-state index contributed by atoms with van der Waals surface area (Å²) in [6, 6.07) is -1.54. The normalized spacial score (nSPS) is 35.9. The number of carbonyl (C=O) groups is 3. The lowest BCUT2D eigenvalue weighted by molar-refractivity contribution is -0.179. The van der Waals surface area contributed by atoms with Gasteiger partial charge in [0, 0.05) is 36.5 Å². The molecule has 15 heteroatoms. The van der Waals surface area contributed by atoms with Crippen LogP contribution in [0.1, 0.15) is 48.0 Å². The van der Waals surface area contributed by atoms with E-state index in [9.17, 15) is 19.9 Å². The maximum atomic E-state index is 11.9. The second-order valence-electron chi connectivity index (χ2n) is 8.69. The largest absolute Gasteiger partial charge is 0.463 e. The smallest absolute Gasteiger partial charge is 0.303 e. The number of azide groups is 2. The van der Waals surface area contributed by atoms with Crippen LogP contribution < -0.4 is 0 Å². The lowest BCUT2D eigenvalue weighted by Gasteiger charge is -2.47. The van der Waals surface area contributed by atoms with Gasteiger partial charge in [-0.15, -0.1) is 0 Å². The highest BCUT2D eigenvalue weighted by Gasteiger charge is 2.50. The van der Waals surface area contributed by atoms with Crippen LogP contribution >= 0.6 is 11.8 Å². The van der Waals surface area contributed by atoms with Crippen LogP contribution in [-0.4, -0.2) is 71.9 Å². The van der Waals surface area contributed by atoms with Crippen LogP contribution in [0.2, 0.25) is 0 Å². The number of rotatable bonds is 9. The van der Waals surface area contributed by atoms with Crippen molar-refractivity contribution >= 4 is 29.7 Å². The van der Waals surface area contributed by atoms with E-state index in [-0.39, 0.29) is 6.61 Å². The fourth-order valence-corrected chi connectivity index (χ4v) is 5.80. The van der Waals surface area contributed by atoms with E-state index in [0.29, 0.717) is 6.42 Å². The summed E-state index contributed by atoms with van der Waals surface area (Å²) in [6.45, 7) is 9.06. The van der Waals surface area contributed by atoms with Gasteiger partial charge in [-0.25, -0.2) is 0 Å². The fraction of sp³-hybridized carbons (Fsp3) is 0.857. The van der Waals surface area contributed by atoms with Crippen LogP contribution in [0, 0.1) is 11.8 Å². The summed E-state index contributed by atoms with van der Waals surface area (Å²) in [5.41, 5.74) is 16.8. The van der Waals surface area contributed by atoms with Crippen molar-refractivity contribution < 1.29 is 38.1 Å². The minimum atomic E-state index is -0.966. The minimum Gasteiger partial charge on any atom is -0.463 e. The third kappa shape index (κ3) is 7.40. The molecule has 36 heavy (non-hydrogen) atoms. The van der Waals surface area contributed by atoms with Gasteiger partial charge in [0.2, 0.25) is 0 Å². The summed E-state index contributed by atoms with van der Waals surface area (Å²) in [5, 5.41) is 7.75. The molecule has 0 spiro atoms. The van der Waals surface area contributed by atoms with E-state index in [2.05, 4.69) is 20.1 Å². The summed E-state index contributed by atoms with van der Waals surface area (Å²) >= 11 is 1.17. The first-order chi connectivity index (χ1) is 17.0. The van der Waals surface area contributed by atoms with E-state index in [0.717, 1.165) is 0 Å². The summed E-state index contributed by atoms with van der Waals surface area (Å²) < 4.78 is 28.5. The maximum Gasteiger partial charge on any atom is 0.303 e. The summed E-state index contributed by atoms with van der Waals surface area (Å²) in [4.78, 5) is 40.9. The standard InChI is InChI=1S/C21H32N6O8S/c1-7-14-18(32-12(5)29)17(25-27-23)10(3)20(34-14)36-21-19(33-13(6)30)16(24-26-22)9(2)15(35-21)8-31-11(4)28/h9-10,14-21H,7-8H2,1-6H3/t9-,10+,14?,15?,16-,17?,18+,19?,20+,21-/m0/s1. The molecule has 2 aliphatic rings. The topological polar surface area (TPSA) is 195 Å². The average molecular weight is 529 g/mol. The van der Waals surface area contributed by atoms with Crippen molar-refractivity contribution in [1.82, 2.24) is 0 Å². The lowest BCUT2D eigenvalue weighted by atomic mass is 9.89. The Bertz CT molecular complexity index is 911. The molecule has 4 unspecified atom stereocenters. The van der Waals surface area contributed by atoms with Gasteiger partial charge in [-0.3, -0.25) is 14.4 Å². The summed E-state index contributed by atoms with van der Waals surface area (Å²) in [7, 11) is 0. The van der Waals surface area contributed by atoms with Crippen LogP contribution in [-0.2, 0) is 38.1 Å². The Kier molecular flexibility index (Phi) is 11.1. The third-order valence-electron chi connectivity index (χ3n) is 6.11. The predicted molar refractivity (Wildman–Crippen MR) is 127 cm³/mol. The monoisotopic (exact) mass is 528 g/mol. The molecule has 14 nitrogen and oxygen atoms in total. The summed E-state index contributed by atoms with van der Waals surface area (Å²) in [6.07, 6.45) is -2.51. The van der Waals surface area contributed by atoms with Crippen LogP contribution in [0.5, 0.6) is 0 Å². The molecule has 0 aliphatic carbocycles. The molecule has 2 heterocycles. The average Bonchev–Trinajstić information content (AvgIpc) is 2.80. The Balaban J connectivity index is 2.40. The molecular formula is C21H32N6O8S. The highest BCUT2D eigenvalue weighted by molar-refractivity contribution is 8.00. The molecule has 0 amide bonds. The molecule has 2 aliphatic heterocycles. The van der Waals surface area contributed by atoms with Crippen molar-refractivity contribution in [1.29, 1.82) is 0 Å². The molecule has 0 aromatic heterocycles. The van der Waals surface area contributed by atoms with Crippen molar-refractivity contribution in [2.75, 3.05) is 6.61 Å². The molecule has 0 bridgehead atoms. The molecule has 2 fully saturated rings. The quantitative estimate of drug-likeness (QED) is 0.141. The van der Waals surface area contributed by atoms with E-state index in [1.165, 1.54) is 32.5 Å². The van der Waals surface area contributed by atoms with Gasteiger partial charge in [0.15, 0.2) is 0 Å². The zero-order valence-electron chi connectivity index (χ0n) is 21.0. The van der Waals surface area contributed by atoms with E-state index in [4.69, 9.17) is 29.2 Å². The van der Waals surface area contributed by atoms with Gasteiger partial charge in [0.25, 0.3) is 0 Å². The van der Waals surface area contributed by atoms with Gasteiger partial charge in [-0.2, -0.15) is 0 Å². The van der Waals surface area contributed by atoms with Gasteiger partial charge in [0.1, 0.15) is 29.7 Å². The number of nitrogens with zero attached hydrogens (tertiary/aromatic N) is 6. The van der Waals surface area contributed by atoms with Crippen molar-refractivity contribution in [3.8, 4) is 0 Å². The van der Waals surface area contributed by atoms with Crippen molar-refractivity contribution in [3.05, 3.63) is 20.9 Å². The Morgan fingerprint density at radius 3 is 1.86 bits per heavy atom. The van der Waals surface area contributed by atoms with E-state index < -0.39 is 77.1 Å². The van der Waals surface area contributed by atoms with E-state index in [1.807, 2.05) is 6.92 Å². The van der Waals surface area contributed by atoms with Crippen molar-refractivity contribution in [2.45, 2.75) is 95.3 Å². The lowest BCUT2D eigenvalue weighted by Crippen LogP contribution is -2.57. The number of carbonyl (C=O) groups excluding carboxylic acids is 3. The van der Waals surface area contributed by atoms with Gasteiger partial charge < -0.3 is 23.7 Å². The second-order valence-corrected chi connectivity index (χ2v) is 9.89. The number of ether oxygens (including phenoxy) is 5. The van der Waals surface area contributed by atoms with Gasteiger partial charge in [-0.05, 0) is 23.4 Å². The molecule has 0 saturated carbocycles. The highest BCUT2D eigenvalue weighted by Crippen LogP contribution is 2.43. The summed E-state index contributed by atoms with van der Waals surface area (Å²) in [5.74, 6) is -2.50. The highest BCUT2D eigenvalue weighted by atomic mass is 32.2. The molecule has 10 atom stereocenters. The van der Waals surface area contributed by atoms with Crippen LogP contribution in [0.3, 0.4) is 0 Å². The molecule has 0 aromatic rings. The number of esters is 3. The van der Waals surface area contributed by atoms with Crippen molar-refractivity contribution in [2.24, 2.45) is 22.1 Å². The molecule has 2 rings (SSSR count). The zero-order valence-corrected chi connectivity index (χ0v) is 21.9. The van der Waals surface area contributed by atoms with Crippen LogP contribution in [0.4, 0.5) is 0 Å². The molecule has 2 saturated heterocycles. The molecule has 0 radical (unpaired) electrons. The first-order valence-corrected chi connectivity index (χ1v) is 12.5. The molecular weight excluding hydrogens is 496 g/mol. The Morgan fingerprint density at radius 1 is 0.833 bits per heavy atom. The van der Waals surface area contributed by atoms with Crippen molar-refractivity contribution in [3.63, 3.8) is 0 Å². The van der Waals surface area contributed by atoms with Gasteiger partial charge >= 0.3 is 17.9 Å². The maximum absolute atomic E-state index is 11.9. The first-order valence-electron chi connectivity index (χ1n) is 11.6. The molecule has 0 aromatic carbocycles. The molecule has 0 N–H and O–H groups in total.